The quantitative estimate of drug-likeness (QED) is 0.659. The van der Waals surface area contributed by atoms with Gasteiger partial charge in [-0.2, -0.15) is 11.8 Å². The van der Waals surface area contributed by atoms with Crippen LogP contribution in [0.4, 0.5) is 5.69 Å². The first-order chi connectivity index (χ1) is 10.0. The first-order valence-electron chi connectivity index (χ1n) is 6.82. The van der Waals surface area contributed by atoms with E-state index in [2.05, 4.69) is 11.6 Å². The first kappa shape index (κ1) is 15.6. The lowest BCUT2D eigenvalue weighted by Crippen LogP contribution is -2.39. The molecule has 0 spiro atoms. The number of hydrogen-bond acceptors (Lipinski definition) is 5. The highest BCUT2D eigenvalue weighted by Gasteiger charge is 2.23. The molecule has 0 bridgehead atoms. The van der Waals surface area contributed by atoms with Crippen LogP contribution >= 0.6 is 11.8 Å². The summed E-state index contributed by atoms with van der Waals surface area (Å²) in [6.07, 6.45) is 6.21. The number of thioether (sulfide) groups is 1. The monoisotopic (exact) mass is 310 g/mol. The molecule has 0 unspecified atom stereocenters. The van der Waals surface area contributed by atoms with E-state index >= 15 is 0 Å². The minimum Gasteiger partial charge on any atom is -0.502 e. The lowest BCUT2D eigenvalue weighted by atomic mass is 9.94. The molecule has 1 aliphatic rings. The number of nitrogens with one attached hydrogen (secondary N) is 1. The van der Waals surface area contributed by atoms with Gasteiger partial charge in [0.2, 0.25) is 0 Å². The molecule has 1 aromatic carbocycles. The second-order valence-corrected chi connectivity index (χ2v) is 6.29. The zero-order chi connectivity index (χ0) is 15.4. The minimum atomic E-state index is -0.679. The van der Waals surface area contributed by atoms with Gasteiger partial charge in [0.05, 0.1) is 4.92 Å². The molecule has 2 rings (SSSR count). The summed E-state index contributed by atoms with van der Waals surface area (Å²) in [6.45, 7) is 0. The van der Waals surface area contributed by atoms with Crippen LogP contribution in [0, 0.1) is 10.1 Å². The number of phenols is 1. The van der Waals surface area contributed by atoms with Crippen LogP contribution in [-0.4, -0.2) is 33.5 Å². The number of amides is 1. The second kappa shape index (κ2) is 6.80. The molecule has 0 aromatic heterocycles. The van der Waals surface area contributed by atoms with Crippen molar-refractivity contribution in [1.29, 1.82) is 0 Å². The maximum absolute atomic E-state index is 12.1. The summed E-state index contributed by atoms with van der Waals surface area (Å²) < 4.78 is 0. The highest BCUT2D eigenvalue weighted by Crippen LogP contribution is 2.28. The van der Waals surface area contributed by atoms with Crippen LogP contribution in [0.15, 0.2) is 18.2 Å². The Bertz CT molecular complexity index is 550. The highest BCUT2D eigenvalue weighted by molar-refractivity contribution is 7.99. The summed E-state index contributed by atoms with van der Waals surface area (Å²) in [5.41, 5.74) is -0.156. The Balaban J connectivity index is 2.03. The van der Waals surface area contributed by atoms with Crippen LogP contribution in [0.3, 0.4) is 0 Å². The zero-order valence-electron chi connectivity index (χ0n) is 11.7. The molecule has 1 fully saturated rings. The fourth-order valence-corrected chi connectivity index (χ4v) is 3.41. The molecule has 21 heavy (non-hydrogen) atoms. The number of hydrogen-bond donors (Lipinski definition) is 2. The molecular weight excluding hydrogens is 292 g/mol. The SMILES string of the molecule is CS[C@H]1CCC[C@H](NC(=O)c2ccc([N+](=O)[O-])c(O)c2)C1. The third-order valence-corrected chi connectivity index (χ3v) is 4.82. The Hall–Kier alpha value is -1.76. The molecule has 0 heterocycles. The van der Waals surface area contributed by atoms with Gasteiger partial charge in [0.15, 0.2) is 5.75 Å². The molecule has 1 aliphatic carbocycles. The molecule has 2 atom stereocenters. The van der Waals surface area contributed by atoms with E-state index in [9.17, 15) is 20.0 Å². The van der Waals surface area contributed by atoms with Crippen LogP contribution in [-0.2, 0) is 0 Å². The number of nitro groups is 1. The van der Waals surface area contributed by atoms with Gasteiger partial charge in [-0.1, -0.05) is 6.42 Å². The Morgan fingerprint density at radius 1 is 1.48 bits per heavy atom. The van der Waals surface area contributed by atoms with Crippen LogP contribution in [0.25, 0.3) is 0 Å². The number of rotatable bonds is 4. The Labute approximate surface area is 127 Å². The van der Waals surface area contributed by atoms with Crippen LogP contribution in [0.5, 0.6) is 5.75 Å². The number of nitrogens with zero attached hydrogens (tertiary/aromatic N) is 1. The van der Waals surface area contributed by atoms with E-state index in [4.69, 9.17) is 0 Å². The smallest absolute Gasteiger partial charge is 0.310 e. The number of benzene rings is 1. The van der Waals surface area contributed by atoms with Gasteiger partial charge in [-0.15, -0.1) is 0 Å². The van der Waals surface area contributed by atoms with E-state index in [1.54, 1.807) is 0 Å². The largest absolute Gasteiger partial charge is 0.502 e. The molecule has 1 aromatic rings. The van der Waals surface area contributed by atoms with Crippen molar-refractivity contribution in [2.45, 2.75) is 37.0 Å². The minimum absolute atomic E-state index is 0.126. The standard InChI is InChI=1S/C14H18N2O4S/c1-21-11-4-2-3-10(8-11)15-14(18)9-5-6-12(16(19)20)13(17)7-9/h5-7,10-11,17H,2-4,8H2,1H3,(H,15,18)/t10-,11-/m0/s1. The molecule has 0 saturated heterocycles. The lowest BCUT2D eigenvalue weighted by Gasteiger charge is -2.28. The van der Waals surface area contributed by atoms with Gasteiger partial charge in [0.25, 0.3) is 5.91 Å². The number of aromatic hydroxyl groups is 1. The van der Waals surface area contributed by atoms with E-state index in [0.29, 0.717) is 5.25 Å². The van der Waals surface area contributed by atoms with Gasteiger partial charge in [-0.05, 0) is 37.7 Å². The van der Waals surface area contributed by atoms with E-state index in [0.717, 1.165) is 31.4 Å². The van der Waals surface area contributed by atoms with Crippen molar-refractivity contribution in [3.63, 3.8) is 0 Å². The molecule has 7 heteroatoms. The summed E-state index contributed by atoms with van der Waals surface area (Å²) in [4.78, 5) is 22.1. The predicted octanol–water partition coefficient (Wildman–Crippen LogP) is 2.70. The molecule has 114 valence electrons. The van der Waals surface area contributed by atoms with Gasteiger partial charge in [-0.25, -0.2) is 0 Å². The fourth-order valence-electron chi connectivity index (χ4n) is 2.58. The summed E-state index contributed by atoms with van der Waals surface area (Å²) in [6, 6.07) is 3.78. The van der Waals surface area contributed by atoms with Crippen LogP contribution < -0.4 is 5.32 Å². The van der Waals surface area contributed by atoms with Gasteiger partial charge in [0, 0.05) is 22.9 Å². The van der Waals surface area contributed by atoms with Crippen molar-refractivity contribution in [2.75, 3.05) is 6.26 Å². The third-order valence-electron chi connectivity index (χ3n) is 3.73. The molecule has 2 N–H and O–H groups in total. The van der Waals surface area contributed by atoms with Crippen LogP contribution in [0.1, 0.15) is 36.0 Å². The molecule has 0 radical (unpaired) electrons. The van der Waals surface area contributed by atoms with Crippen molar-refractivity contribution in [1.82, 2.24) is 5.32 Å². The predicted molar refractivity (Wildman–Crippen MR) is 81.8 cm³/mol. The van der Waals surface area contributed by atoms with E-state index in [1.165, 1.54) is 12.5 Å². The van der Waals surface area contributed by atoms with Gasteiger partial charge in [0.1, 0.15) is 0 Å². The Morgan fingerprint density at radius 3 is 2.86 bits per heavy atom. The summed E-state index contributed by atoms with van der Waals surface area (Å²) >= 11 is 1.81. The number of carbonyl (C=O) groups is 1. The summed E-state index contributed by atoms with van der Waals surface area (Å²) in [5.74, 6) is -0.787. The molecular formula is C14H18N2O4S. The average Bonchev–Trinajstić information content (AvgIpc) is 2.46. The highest BCUT2D eigenvalue weighted by atomic mass is 32.2. The van der Waals surface area contributed by atoms with E-state index in [1.807, 2.05) is 11.8 Å². The van der Waals surface area contributed by atoms with Crippen molar-refractivity contribution in [2.24, 2.45) is 0 Å². The maximum atomic E-state index is 12.1. The summed E-state index contributed by atoms with van der Waals surface area (Å²) in [7, 11) is 0. The molecule has 1 amide bonds. The Morgan fingerprint density at radius 2 is 2.24 bits per heavy atom. The van der Waals surface area contributed by atoms with Gasteiger partial charge >= 0.3 is 5.69 Å². The van der Waals surface area contributed by atoms with Crippen molar-refractivity contribution >= 4 is 23.4 Å². The van der Waals surface area contributed by atoms with Gasteiger partial charge < -0.3 is 10.4 Å². The Kier molecular flexibility index (Phi) is 5.06. The van der Waals surface area contributed by atoms with Gasteiger partial charge in [-0.3, -0.25) is 14.9 Å². The molecule has 0 aliphatic heterocycles. The van der Waals surface area contributed by atoms with E-state index in [-0.39, 0.29) is 17.5 Å². The van der Waals surface area contributed by atoms with Crippen LogP contribution in [0.2, 0.25) is 0 Å². The van der Waals surface area contributed by atoms with Crippen molar-refractivity contribution in [3.05, 3.63) is 33.9 Å². The van der Waals surface area contributed by atoms with Crippen molar-refractivity contribution < 1.29 is 14.8 Å². The summed E-state index contributed by atoms with van der Waals surface area (Å²) in [5, 5.41) is 23.7. The lowest BCUT2D eigenvalue weighted by molar-refractivity contribution is -0.385. The average molecular weight is 310 g/mol. The molecule has 6 nitrogen and oxygen atoms in total. The fraction of sp³-hybridized carbons (Fsp3) is 0.500. The van der Waals surface area contributed by atoms with Crippen molar-refractivity contribution in [3.8, 4) is 5.75 Å². The topological polar surface area (TPSA) is 92.5 Å². The number of phenolic OH excluding ortho intramolecular Hbond substituents is 1. The van der Waals surface area contributed by atoms with E-state index < -0.39 is 16.4 Å². The zero-order valence-corrected chi connectivity index (χ0v) is 12.6. The third kappa shape index (κ3) is 3.87. The normalized spacial score (nSPS) is 21.8. The molecule has 1 saturated carbocycles. The second-order valence-electron chi connectivity index (χ2n) is 5.16. The maximum Gasteiger partial charge on any atom is 0.310 e. The number of carbonyl (C=O) groups excluding carboxylic acids is 1. The first-order valence-corrected chi connectivity index (χ1v) is 8.11. The number of nitro benzene ring substituents is 1.